The Hall–Kier alpha value is -2.38. The number of rotatable bonds is 6. The third-order valence-corrected chi connectivity index (χ3v) is 5.14. The minimum absolute atomic E-state index is 0.209. The van der Waals surface area contributed by atoms with Crippen LogP contribution in [-0.2, 0) is 11.3 Å². The first-order chi connectivity index (χ1) is 12.2. The van der Waals surface area contributed by atoms with Gasteiger partial charge in [-0.25, -0.2) is 0 Å². The van der Waals surface area contributed by atoms with Gasteiger partial charge in [-0.15, -0.1) is 0 Å². The molecule has 8 nitrogen and oxygen atoms in total. The maximum Gasteiger partial charge on any atom is 0.272 e. The molecule has 1 fully saturated rings. The van der Waals surface area contributed by atoms with Crippen LogP contribution >= 0.6 is 0 Å². The molecule has 3 rings (SSSR count). The van der Waals surface area contributed by atoms with Crippen molar-refractivity contribution in [3.8, 4) is 0 Å². The maximum atomic E-state index is 12.7. The summed E-state index contributed by atoms with van der Waals surface area (Å²) in [6.45, 7) is 6.69. The molecule has 1 aliphatic carbocycles. The number of hydrogen-bond acceptors (Lipinski definition) is 4. The van der Waals surface area contributed by atoms with Crippen LogP contribution in [0.2, 0.25) is 0 Å². The van der Waals surface area contributed by atoms with E-state index >= 15 is 0 Å². The van der Waals surface area contributed by atoms with Crippen LogP contribution < -0.4 is 10.6 Å². The molecular weight excluding hydrogens is 334 g/mol. The number of amides is 3. The molecule has 0 bridgehead atoms. The van der Waals surface area contributed by atoms with E-state index in [0.29, 0.717) is 18.2 Å². The highest BCUT2D eigenvalue weighted by atomic mass is 16.2. The van der Waals surface area contributed by atoms with E-state index < -0.39 is 5.54 Å². The molecule has 1 aromatic heterocycles. The maximum absolute atomic E-state index is 12.7. The Morgan fingerprint density at radius 1 is 1.38 bits per heavy atom. The molecule has 2 aliphatic rings. The Kier molecular flexibility index (Phi) is 4.77. The lowest BCUT2D eigenvalue weighted by Crippen LogP contribution is -2.62. The van der Waals surface area contributed by atoms with E-state index in [1.54, 1.807) is 14.0 Å². The van der Waals surface area contributed by atoms with Gasteiger partial charge in [-0.1, -0.05) is 13.8 Å². The lowest BCUT2D eigenvalue weighted by molar-refractivity contribution is -0.132. The van der Waals surface area contributed by atoms with Crippen molar-refractivity contribution in [2.75, 3.05) is 13.6 Å². The normalized spacial score (nSPS) is 22.3. The number of fused-ring (bicyclic) bond motifs is 1. The summed E-state index contributed by atoms with van der Waals surface area (Å²) in [5, 5.41) is 10.1. The summed E-state index contributed by atoms with van der Waals surface area (Å²) < 4.78 is 1.48. The molecule has 142 valence electrons. The molecule has 0 aromatic carbocycles. The minimum Gasteiger partial charge on any atom is -0.354 e. The van der Waals surface area contributed by atoms with Gasteiger partial charge in [-0.3, -0.25) is 19.1 Å². The summed E-state index contributed by atoms with van der Waals surface area (Å²) >= 11 is 0. The van der Waals surface area contributed by atoms with Crippen molar-refractivity contribution >= 4 is 17.7 Å². The number of nitrogens with one attached hydrogen (secondary N) is 2. The molecule has 0 radical (unpaired) electrons. The van der Waals surface area contributed by atoms with E-state index in [4.69, 9.17) is 0 Å². The number of carbonyl (C=O) groups is 3. The zero-order valence-corrected chi connectivity index (χ0v) is 15.8. The van der Waals surface area contributed by atoms with Crippen LogP contribution in [0.3, 0.4) is 0 Å². The second-order valence-electron chi connectivity index (χ2n) is 7.90. The molecule has 1 saturated carbocycles. The van der Waals surface area contributed by atoms with Crippen LogP contribution in [0.1, 0.15) is 61.0 Å². The van der Waals surface area contributed by atoms with Crippen LogP contribution in [0.5, 0.6) is 0 Å². The molecule has 2 heterocycles. The number of aromatic nitrogens is 2. The highest BCUT2D eigenvalue weighted by Crippen LogP contribution is 2.26. The Morgan fingerprint density at radius 3 is 2.69 bits per heavy atom. The monoisotopic (exact) mass is 361 g/mol. The quantitative estimate of drug-likeness (QED) is 0.783. The van der Waals surface area contributed by atoms with Gasteiger partial charge in [0.25, 0.3) is 11.8 Å². The fourth-order valence-electron chi connectivity index (χ4n) is 2.99. The lowest BCUT2D eigenvalue weighted by Gasteiger charge is -2.40. The van der Waals surface area contributed by atoms with Gasteiger partial charge in [0.15, 0.2) is 5.69 Å². The first-order valence-corrected chi connectivity index (χ1v) is 9.17. The molecular formula is C18H27N5O3. The van der Waals surface area contributed by atoms with Crippen molar-refractivity contribution in [3.05, 3.63) is 17.5 Å². The Labute approximate surface area is 153 Å². The van der Waals surface area contributed by atoms with Crippen LogP contribution in [0, 0.1) is 5.92 Å². The standard InChI is InChI=1S/C18H27N5O3/c1-11(2)7-8-19-17(26)18(3)10-23-14(16(25)22(18)4)9-13(21-23)15(24)20-12-5-6-12/h9,11-12H,5-8,10H2,1-4H3,(H,19,26)(H,20,24). The van der Waals surface area contributed by atoms with Gasteiger partial charge in [0, 0.05) is 25.7 Å². The molecule has 0 spiro atoms. The van der Waals surface area contributed by atoms with Gasteiger partial charge in [-0.2, -0.15) is 5.10 Å². The zero-order valence-electron chi connectivity index (χ0n) is 15.8. The van der Waals surface area contributed by atoms with E-state index in [-0.39, 0.29) is 36.0 Å². The van der Waals surface area contributed by atoms with Crippen LogP contribution in [-0.4, -0.2) is 57.6 Å². The number of nitrogens with zero attached hydrogens (tertiary/aromatic N) is 3. The molecule has 3 amide bonds. The Bertz CT molecular complexity index is 737. The summed E-state index contributed by atoms with van der Waals surface area (Å²) in [6.07, 6.45) is 2.84. The van der Waals surface area contributed by atoms with Gasteiger partial charge in [-0.05, 0) is 32.1 Å². The predicted molar refractivity (Wildman–Crippen MR) is 95.7 cm³/mol. The summed E-state index contributed by atoms with van der Waals surface area (Å²) in [7, 11) is 1.62. The lowest BCUT2D eigenvalue weighted by atomic mass is 9.95. The van der Waals surface area contributed by atoms with Crippen LogP contribution in [0.15, 0.2) is 6.07 Å². The minimum atomic E-state index is -1.04. The smallest absolute Gasteiger partial charge is 0.272 e. The predicted octanol–water partition coefficient (Wildman–Crippen LogP) is 0.782. The van der Waals surface area contributed by atoms with Crippen LogP contribution in [0.25, 0.3) is 0 Å². The van der Waals surface area contributed by atoms with Gasteiger partial charge in [0.1, 0.15) is 11.2 Å². The average molecular weight is 361 g/mol. The fourth-order valence-corrected chi connectivity index (χ4v) is 2.99. The summed E-state index contributed by atoms with van der Waals surface area (Å²) in [5.74, 6) is -0.304. The number of carbonyl (C=O) groups excluding carboxylic acids is 3. The van der Waals surface area contributed by atoms with Crippen molar-refractivity contribution in [1.82, 2.24) is 25.3 Å². The van der Waals surface area contributed by atoms with Crippen LogP contribution in [0.4, 0.5) is 0 Å². The van der Waals surface area contributed by atoms with Crippen molar-refractivity contribution < 1.29 is 14.4 Å². The molecule has 1 aliphatic heterocycles. The van der Waals surface area contributed by atoms with E-state index in [0.717, 1.165) is 19.3 Å². The third-order valence-electron chi connectivity index (χ3n) is 5.14. The molecule has 0 saturated heterocycles. The second kappa shape index (κ2) is 6.74. The second-order valence-corrected chi connectivity index (χ2v) is 7.90. The molecule has 8 heteroatoms. The zero-order chi connectivity index (χ0) is 19.1. The third kappa shape index (κ3) is 3.45. The first kappa shape index (κ1) is 18.4. The Balaban J connectivity index is 1.77. The van der Waals surface area contributed by atoms with Gasteiger partial charge < -0.3 is 15.5 Å². The topological polar surface area (TPSA) is 96.3 Å². The highest BCUT2D eigenvalue weighted by Gasteiger charge is 2.46. The number of likely N-dealkylation sites (N-methyl/N-ethyl adjacent to an activating group) is 1. The summed E-state index contributed by atoms with van der Waals surface area (Å²) in [6, 6.07) is 1.73. The van der Waals surface area contributed by atoms with Gasteiger partial charge >= 0.3 is 0 Å². The number of hydrogen-bond donors (Lipinski definition) is 2. The van der Waals surface area contributed by atoms with Crippen molar-refractivity contribution in [2.45, 2.75) is 58.2 Å². The molecule has 26 heavy (non-hydrogen) atoms. The molecule has 1 atom stereocenters. The summed E-state index contributed by atoms with van der Waals surface area (Å²) in [5.41, 5.74) is -0.490. The highest BCUT2D eigenvalue weighted by molar-refractivity contribution is 6.01. The molecule has 2 N–H and O–H groups in total. The molecule has 1 aromatic rings. The fraction of sp³-hybridized carbons (Fsp3) is 0.667. The van der Waals surface area contributed by atoms with Crippen molar-refractivity contribution in [3.63, 3.8) is 0 Å². The Morgan fingerprint density at radius 2 is 2.08 bits per heavy atom. The van der Waals surface area contributed by atoms with E-state index in [9.17, 15) is 14.4 Å². The van der Waals surface area contributed by atoms with Crippen molar-refractivity contribution in [2.24, 2.45) is 5.92 Å². The van der Waals surface area contributed by atoms with E-state index in [2.05, 4.69) is 29.6 Å². The average Bonchev–Trinajstić information content (AvgIpc) is 3.28. The largest absolute Gasteiger partial charge is 0.354 e. The van der Waals surface area contributed by atoms with E-state index in [1.165, 1.54) is 15.6 Å². The summed E-state index contributed by atoms with van der Waals surface area (Å²) in [4.78, 5) is 39.1. The molecule has 1 unspecified atom stereocenters. The van der Waals surface area contributed by atoms with Gasteiger partial charge in [0.05, 0.1) is 6.54 Å². The van der Waals surface area contributed by atoms with Gasteiger partial charge in [0.2, 0.25) is 5.91 Å². The van der Waals surface area contributed by atoms with E-state index in [1.807, 2.05) is 0 Å². The SMILES string of the molecule is CC(C)CCNC(=O)C1(C)Cn2nc(C(=O)NC3CC3)cc2C(=O)N1C. The van der Waals surface area contributed by atoms with Crippen molar-refractivity contribution in [1.29, 1.82) is 0 Å². The first-order valence-electron chi connectivity index (χ1n) is 9.17.